The maximum absolute atomic E-state index is 13.1. The first-order valence-electron chi connectivity index (χ1n) is 5.78. The molecule has 0 aliphatic heterocycles. The molecule has 3 rings (SSSR count). The molecule has 0 unspecified atom stereocenters. The van der Waals surface area contributed by atoms with Crippen molar-refractivity contribution in [2.45, 2.75) is 0 Å². The van der Waals surface area contributed by atoms with E-state index in [0.29, 0.717) is 22.4 Å². The van der Waals surface area contributed by atoms with Crippen LogP contribution >= 0.6 is 0 Å². The van der Waals surface area contributed by atoms with Crippen molar-refractivity contribution in [3.05, 3.63) is 58.4 Å². The number of nitrogens with zero attached hydrogens (tertiary/aromatic N) is 2. The van der Waals surface area contributed by atoms with Gasteiger partial charge in [0.05, 0.1) is 15.8 Å². The van der Waals surface area contributed by atoms with Gasteiger partial charge in [-0.3, -0.25) is 15.2 Å². The van der Waals surface area contributed by atoms with E-state index in [4.69, 9.17) is 0 Å². The zero-order chi connectivity index (χ0) is 14.1. The number of aromatic amines is 1. The van der Waals surface area contributed by atoms with E-state index < -0.39 is 4.92 Å². The van der Waals surface area contributed by atoms with Crippen molar-refractivity contribution in [1.29, 1.82) is 0 Å². The van der Waals surface area contributed by atoms with E-state index in [2.05, 4.69) is 15.5 Å². The maximum atomic E-state index is 13.1. The smallest absolute Gasteiger partial charge is 0.270 e. The van der Waals surface area contributed by atoms with Crippen LogP contribution in [-0.2, 0) is 0 Å². The summed E-state index contributed by atoms with van der Waals surface area (Å²) in [4.78, 5) is 10.3. The lowest BCUT2D eigenvalue weighted by atomic mass is 10.2. The molecule has 6 nitrogen and oxygen atoms in total. The van der Waals surface area contributed by atoms with Crippen LogP contribution in [0.15, 0.2) is 42.5 Å². The Hall–Kier alpha value is -2.96. The molecule has 0 atom stereocenters. The summed E-state index contributed by atoms with van der Waals surface area (Å²) in [5.41, 5.74) is 1.15. The van der Waals surface area contributed by atoms with Gasteiger partial charge in [-0.15, -0.1) is 0 Å². The van der Waals surface area contributed by atoms with Gasteiger partial charge >= 0.3 is 0 Å². The van der Waals surface area contributed by atoms with Crippen LogP contribution in [0, 0.1) is 15.9 Å². The van der Waals surface area contributed by atoms with Gasteiger partial charge in [0.1, 0.15) is 5.82 Å². The summed E-state index contributed by atoms with van der Waals surface area (Å²) in [6.07, 6.45) is 0. The minimum absolute atomic E-state index is 0.0267. The predicted octanol–water partition coefficient (Wildman–Crippen LogP) is 3.35. The number of rotatable bonds is 3. The summed E-state index contributed by atoms with van der Waals surface area (Å²) in [5.74, 6) is 0.0371. The number of hydrogen-bond donors (Lipinski definition) is 2. The van der Waals surface area contributed by atoms with Crippen molar-refractivity contribution in [3.63, 3.8) is 0 Å². The third-order valence-electron chi connectivity index (χ3n) is 2.84. The van der Waals surface area contributed by atoms with E-state index in [9.17, 15) is 14.5 Å². The fourth-order valence-corrected chi connectivity index (χ4v) is 1.91. The second kappa shape index (κ2) is 4.61. The second-order valence-electron chi connectivity index (χ2n) is 4.19. The number of nitrogens with one attached hydrogen (secondary N) is 2. The summed E-state index contributed by atoms with van der Waals surface area (Å²) >= 11 is 0. The highest BCUT2D eigenvalue weighted by Crippen LogP contribution is 2.27. The molecule has 0 amide bonds. The monoisotopic (exact) mass is 272 g/mol. The SMILES string of the molecule is O=[N+]([O-])c1ccc2[nH]nc(Nc3cccc(F)c3)c2c1. The Kier molecular flexibility index (Phi) is 2.79. The van der Waals surface area contributed by atoms with E-state index in [-0.39, 0.29) is 11.5 Å². The zero-order valence-corrected chi connectivity index (χ0v) is 10.1. The molecule has 2 N–H and O–H groups in total. The van der Waals surface area contributed by atoms with E-state index in [0.717, 1.165) is 0 Å². The lowest BCUT2D eigenvalue weighted by Crippen LogP contribution is -1.92. The van der Waals surface area contributed by atoms with Gasteiger partial charge in [0.2, 0.25) is 0 Å². The van der Waals surface area contributed by atoms with E-state index in [1.807, 2.05) is 0 Å². The first-order valence-corrected chi connectivity index (χ1v) is 5.78. The molecular formula is C13H9FN4O2. The normalized spacial score (nSPS) is 10.7. The lowest BCUT2D eigenvalue weighted by Gasteiger charge is -2.03. The van der Waals surface area contributed by atoms with Gasteiger partial charge in [0.15, 0.2) is 5.82 Å². The molecule has 20 heavy (non-hydrogen) atoms. The number of aromatic nitrogens is 2. The highest BCUT2D eigenvalue weighted by molar-refractivity contribution is 5.92. The minimum atomic E-state index is -0.474. The van der Waals surface area contributed by atoms with Crippen LogP contribution < -0.4 is 5.32 Å². The summed E-state index contributed by atoms with van der Waals surface area (Å²) in [6, 6.07) is 10.3. The van der Waals surface area contributed by atoms with Gasteiger partial charge in [-0.05, 0) is 24.3 Å². The molecule has 0 aliphatic carbocycles. The summed E-state index contributed by atoms with van der Waals surface area (Å²) in [5, 5.41) is 21.1. The van der Waals surface area contributed by atoms with Crippen molar-refractivity contribution in [2.75, 3.05) is 5.32 Å². The number of non-ortho nitro benzene ring substituents is 1. The first kappa shape index (κ1) is 12.1. The number of H-pyrrole nitrogens is 1. The second-order valence-corrected chi connectivity index (χ2v) is 4.19. The Morgan fingerprint density at radius 2 is 2.10 bits per heavy atom. The van der Waals surface area contributed by atoms with Gasteiger partial charge < -0.3 is 5.32 Å². The van der Waals surface area contributed by atoms with Gasteiger partial charge in [-0.25, -0.2) is 4.39 Å². The van der Waals surface area contributed by atoms with Crippen molar-refractivity contribution >= 4 is 28.1 Å². The molecule has 0 spiro atoms. The summed E-state index contributed by atoms with van der Waals surface area (Å²) in [6.45, 7) is 0. The number of nitro benzene ring substituents is 1. The predicted molar refractivity (Wildman–Crippen MR) is 72.4 cm³/mol. The Labute approximate surface area is 112 Å². The minimum Gasteiger partial charge on any atom is -0.338 e. The average molecular weight is 272 g/mol. The fraction of sp³-hybridized carbons (Fsp3) is 0. The van der Waals surface area contributed by atoms with Crippen LogP contribution in [0.2, 0.25) is 0 Å². The van der Waals surface area contributed by atoms with Gasteiger partial charge in [0.25, 0.3) is 5.69 Å². The standard InChI is InChI=1S/C13H9FN4O2/c14-8-2-1-3-9(6-8)15-13-11-7-10(18(19)20)4-5-12(11)16-17-13/h1-7H,(H2,15,16,17). The van der Waals surface area contributed by atoms with Gasteiger partial charge in [-0.2, -0.15) is 5.10 Å². The van der Waals surface area contributed by atoms with E-state index in [1.54, 1.807) is 18.2 Å². The zero-order valence-electron chi connectivity index (χ0n) is 10.1. The van der Waals surface area contributed by atoms with Crippen LogP contribution in [-0.4, -0.2) is 15.1 Å². The lowest BCUT2D eigenvalue weighted by molar-refractivity contribution is -0.384. The highest BCUT2D eigenvalue weighted by atomic mass is 19.1. The quantitative estimate of drug-likeness (QED) is 0.565. The number of halogens is 1. The molecule has 0 radical (unpaired) electrons. The number of nitro groups is 1. The Morgan fingerprint density at radius 3 is 2.85 bits per heavy atom. The third kappa shape index (κ3) is 2.16. The Morgan fingerprint density at radius 1 is 1.25 bits per heavy atom. The van der Waals surface area contributed by atoms with Crippen molar-refractivity contribution in [1.82, 2.24) is 10.2 Å². The molecule has 0 saturated carbocycles. The fourth-order valence-electron chi connectivity index (χ4n) is 1.91. The van der Waals surface area contributed by atoms with Crippen molar-refractivity contribution in [2.24, 2.45) is 0 Å². The Bertz CT molecular complexity index is 800. The highest BCUT2D eigenvalue weighted by Gasteiger charge is 2.12. The number of benzene rings is 2. The third-order valence-corrected chi connectivity index (χ3v) is 2.84. The first-order chi connectivity index (χ1) is 9.63. The van der Waals surface area contributed by atoms with Crippen LogP contribution in [0.25, 0.3) is 10.9 Å². The average Bonchev–Trinajstić information content (AvgIpc) is 2.81. The molecule has 0 saturated heterocycles. The molecule has 0 bridgehead atoms. The topological polar surface area (TPSA) is 83.8 Å². The van der Waals surface area contributed by atoms with Crippen LogP contribution in [0.3, 0.4) is 0 Å². The summed E-state index contributed by atoms with van der Waals surface area (Å²) < 4.78 is 13.1. The number of anilines is 2. The largest absolute Gasteiger partial charge is 0.338 e. The van der Waals surface area contributed by atoms with E-state index >= 15 is 0 Å². The molecule has 0 fully saturated rings. The number of fused-ring (bicyclic) bond motifs is 1. The van der Waals surface area contributed by atoms with Gasteiger partial charge in [-0.1, -0.05) is 6.07 Å². The van der Waals surface area contributed by atoms with Crippen molar-refractivity contribution in [3.8, 4) is 0 Å². The van der Waals surface area contributed by atoms with Crippen LogP contribution in [0.1, 0.15) is 0 Å². The molecule has 2 aromatic carbocycles. The molecule has 0 aliphatic rings. The molecule has 7 heteroatoms. The van der Waals surface area contributed by atoms with Crippen LogP contribution in [0.4, 0.5) is 21.6 Å². The Balaban J connectivity index is 2.03. The van der Waals surface area contributed by atoms with Gasteiger partial charge in [0, 0.05) is 17.8 Å². The number of hydrogen-bond acceptors (Lipinski definition) is 4. The summed E-state index contributed by atoms with van der Waals surface area (Å²) in [7, 11) is 0. The molecule has 100 valence electrons. The molecule has 1 heterocycles. The van der Waals surface area contributed by atoms with E-state index in [1.165, 1.54) is 24.3 Å². The maximum Gasteiger partial charge on any atom is 0.270 e. The molecule has 3 aromatic rings. The molecular weight excluding hydrogens is 263 g/mol. The molecule has 1 aromatic heterocycles. The van der Waals surface area contributed by atoms with Crippen molar-refractivity contribution < 1.29 is 9.31 Å². The van der Waals surface area contributed by atoms with Crippen LogP contribution in [0.5, 0.6) is 0 Å².